The summed E-state index contributed by atoms with van der Waals surface area (Å²) in [5, 5.41) is 0. The number of anilines is 1. The molecule has 0 spiro atoms. The van der Waals surface area contributed by atoms with E-state index in [2.05, 4.69) is 15.9 Å². The number of hydrogen-bond donors (Lipinski definition) is 0. The van der Waals surface area contributed by atoms with Gasteiger partial charge in [-0.3, -0.25) is 4.79 Å². The van der Waals surface area contributed by atoms with E-state index >= 15 is 0 Å². The van der Waals surface area contributed by atoms with E-state index in [-0.39, 0.29) is 10.7 Å². The molecule has 1 unspecified atom stereocenters. The van der Waals surface area contributed by atoms with E-state index < -0.39 is 0 Å². The lowest BCUT2D eigenvalue weighted by atomic mass is 10.0. The molecule has 98 valence electrons. The molecular formula is C14H18BrNO2. The fourth-order valence-electron chi connectivity index (χ4n) is 2.27. The summed E-state index contributed by atoms with van der Waals surface area (Å²) in [4.78, 5) is 14.1. The van der Waals surface area contributed by atoms with Crippen LogP contribution in [0.4, 0.5) is 5.69 Å². The minimum absolute atomic E-state index is 0.0921. The van der Waals surface area contributed by atoms with Crippen LogP contribution in [0.1, 0.15) is 25.3 Å². The third kappa shape index (κ3) is 2.53. The minimum atomic E-state index is -0.0921. The predicted octanol–water partition coefficient (Wildman–Crippen LogP) is 3.15. The van der Waals surface area contributed by atoms with Gasteiger partial charge >= 0.3 is 0 Å². The SMILES string of the molecule is CCC(Br)C(=O)N1CCCc2cc(OC)ccc21. The molecule has 0 saturated carbocycles. The quantitative estimate of drug-likeness (QED) is 0.803. The highest BCUT2D eigenvalue weighted by atomic mass is 79.9. The Kier molecular flexibility index (Phi) is 4.27. The van der Waals surface area contributed by atoms with Gasteiger partial charge in [0.2, 0.25) is 5.91 Å². The van der Waals surface area contributed by atoms with Crippen molar-refractivity contribution in [2.75, 3.05) is 18.6 Å². The highest BCUT2D eigenvalue weighted by Crippen LogP contribution is 2.31. The molecule has 1 aliphatic rings. The molecule has 0 bridgehead atoms. The predicted molar refractivity (Wildman–Crippen MR) is 76.7 cm³/mol. The second-order valence-electron chi connectivity index (χ2n) is 4.46. The molecule has 0 radical (unpaired) electrons. The summed E-state index contributed by atoms with van der Waals surface area (Å²) >= 11 is 3.44. The summed E-state index contributed by atoms with van der Waals surface area (Å²) < 4.78 is 5.23. The van der Waals surface area contributed by atoms with Gasteiger partial charge in [-0.2, -0.15) is 0 Å². The minimum Gasteiger partial charge on any atom is -0.497 e. The van der Waals surface area contributed by atoms with E-state index in [1.807, 2.05) is 30.0 Å². The average molecular weight is 312 g/mol. The number of ether oxygens (including phenoxy) is 1. The summed E-state index contributed by atoms with van der Waals surface area (Å²) in [5.41, 5.74) is 2.23. The highest BCUT2D eigenvalue weighted by Gasteiger charge is 2.26. The molecule has 0 N–H and O–H groups in total. The molecule has 1 heterocycles. The van der Waals surface area contributed by atoms with Crippen molar-refractivity contribution in [2.45, 2.75) is 31.0 Å². The fraction of sp³-hybridized carbons (Fsp3) is 0.500. The molecule has 4 heteroatoms. The van der Waals surface area contributed by atoms with E-state index in [1.165, 1.54) is 5.56 Å². The molecule has 0 saturated heterocycles. The van der Waals surface area contributed by atoms with Crippen molar-refractivity contribution < 1.29 is 9.53 Å². The molecule has 18 heavy (non-hydrogen) atoms. The van der Waals surface area contributed by atoms with Crippen molar-refractivity contribution in [3.05, 3.63) is 23.8 Å². The van der Waals surface area contributed by atoms with Gasteiger partial charge in [0.1, 0.15) is 5.75 Å². The van der Waals surface area contributed by atoms with E-state index in [9.17, 15) is 4.79 Å². The first kappa shape index (κ1) is 13.4. The number of alkyl halides is 1. The molecule has 3 nitrogen and oxygen atoms in total. The molecule has 1 aromatic carbocycles. The Morgan fingerprint density at radius 1 is 1.56 bits per heavy atom. The number of halogens is 1. The molecular weight excluding hydrogens is 294 g/mol. The van der Waals surface area contributed by atoms with Crippen LogP contribution in [-0.2, 0) is 11.2 Å². The van der Waals surface area contributed by atoms with Crippen LogP contribution in [0.5, 0.6) is 5.75 Å². The zero-order valence-corrected chi connectivity index (χ0v) is 12.4. The lowest BCUT2D eigenvalue weighted by Crippen LogP contribution is -2.39. The number of hydrogen-bond acceptors (Lipinski definition) is 2. The first-order valence-electron chi connectivity index (χ1n) is 6.29. The largest absolute Gasteiger partial charge is 0.497 e. The summed E-state index contributed by atoms with van der Waals surface area (Å²) in [6.07, 6.45) is 2.82. The van der Waals surface area contributed by atoms with Crippen LogP contribution in [0.15, 0.2) is 18.2 Å². The molecule has 0 aromatic heterocycles. The summed E-state index contributed by atoms with van der Waals surface area (Å²) in [7, 11) is 1.67. The van der Waals surface area contributed by atoms with Crippen LogP contribution in [0.25, 0.3) is 0 Å². The Morgan fingerprint density at radius 3 is 3.00 bits per heavy atom. The maximum Gasteiger partial charge on any atom is 0.240 e. The van der Waals surface area contributed by atoms with Crippen LogP contribution in [-0.4, -0.2) is 24.4 Å². The van der Waals surface area contributed by atoms with E-state index in [4.69, 9.17) is 4.74 Å². The Bertz CT molecular complexity index is 447. The van der Waals surface area contributed by atoms with E-state index in [1.54, 1.807) is 7.11 Å². The zero-order valence-electron chi connectivity index (χ0n) is 10.8. The summed E-state index contributed by atoms with van der Waals surface area (Å²) in [6.45, 7) is 2.82. The normalized spacial score (nSPS) is 16.1. The molecule has 1 atom stereocenters. The molecule has 0 aliphatic carbocycles. The van der Waals surface area contributed by atoms with Crippen molar-refractivity contribution in [3.63, 3.8) is 0 Å². The Hall–Kier alpha value is -1.03. The number of rotatable bonds is 3. The van der Waals surface area contributed by atoms with Gasteiger partial charge < -0.3 is 9.64 Å². The fourth-order valence-corrected chi connectivity index (χ4v) is 2.52. The van der Waals surface area contributed by atoms with Gasteiger partial charge in [-0.1, -0.05) is 22.9 Å². The van der Waals surface area contributed by atoms with E-state index in [0.717, 1.165) is 37.2 Å². The zero-order chi connectivity index (χ0) is 13.1. The van der Waals surface area contributed by atoms with Gasteiger partial charge in [-0.05, 0) is 43.0 Å². The second kappa shape index (κ2) is 5.74. The van der Waals surface area contributed by atoms with Crippen molar-refractivity contribution in [1.82, 2.24) is 0 Å². The molecule has 1 aliphatic heterocycles. The maximum absolute atomic E-state index is 12.3. The van der Waals surface area contributed by atoms with Gasteiger partial charge in [0.15, 0.2) is 0 Å². The topological polar surface area (TPSA) is 29.5 Å². The van der Waals surface area contributed by atoms with Crippen LogP contribution in [0, 0.1) is 0 Å². The van der Waals surface area contributed by atoms with Gasteiger partial charge in [0.25, 0.3) is 0 Å². The summed E-state index contributed by atoms with van der Waals surface area (Å²) in [5.74, 6) is 1.01. The maximum atomic E-state index is 12.3. The highest BCUT2D eigenvalue weighted by molar-refractivity contribution is 9.10. The van der Waals surface area contributed by atoms with E-state index in [0.29, 0.717) is 0 Å². The van der Waals surface area contributed by atoms with Gasteiger partial charge in [-0.15, -0.1) is 0 Å². The number of benzene rings is 1. The molecule has 0 fully saturated rings. The molecule has 1 amide bonds. The number of aryl methyl sites for hydroxylation is 1. The van der Waals surface area contributed by atoms with Crippen molar-refractivity contribution in [1.29, 1.82) is 0 Å². The van der Waals surface area contributed by atoms with Crippen LogP contribution < -0.4 is 9.64 Å². The number of carbonyl (C=O) groups excluding carboxylic acids is 1. The average Bonchev–Trinajstić information content (AvgIpc) is 2.44. The number of methoxy groups -OCH3 is 1. The number of fused-ring (bicyclic) bond motifs is 1. The third-order valence-corrected chi connectivity index (χ3v) is 4.34. The lowest BCUT2D eigenvalue weighted by molar-refractivity contribution is -0.118. The van der Waals surface area contributed by atoms with Gasteiger partial charge in [0, 0.05) is 12.2 Å². The first-order chi connectivity index (χ1) is 8.67. The Morgan fingerprint density at radius 2 is 2.33 bits per heavy atom. The van der Waals surface area contributed by atoms with Gasteiger partial charge in [0.05, 0.1) is 11.9 Å². The van der Waals surface area contributed by atoms with Crippen LogP contribution in [0.2, 0.25) is 0 Å². The number of carbonyl (C=O) groups is 1. The number of amides is 1. The number of nitrogens with zero attached hydrogens (tertiary/aromatic N) is 1. The van der Waals surface area contributed by atoms with Crippen molar-refractivity contribution in [3.8, 4) is 5.75 Å². The Labute approximate surface area is 116 Å². The monoisotopic (exact) mass is 311 g/mol. The lowest BCUT2D eigenvalue weighted by Gasteiger charge is -2.31. The van der Waals surface area contributed by atoms with Crippen LogP contribution in [0.3, 0.4) is 0 Å². The van der Waals surface area contributed by atoms with Crippen molar-refractivity contribution >= 4 is 27.5 Å². The summed E-state index contributed by atoms with van der Waals surface area (Å²) in [6, 6.07) is 5.93. The molecule has 1 aromatic rings. The third-order valence-electron chi connectivity index (χ3n) is 3.30. The van der Waals surface area contributed by atoms with Crippen molar-refractivity contribution in [2.24, 2.45) is 0 Å². The Balaban J connectivity index is 2.30. The smallest absolute Gasteiger partial charge is 0.240 e. The molecule has 2 rings (SSSR count). The van der Waals surface area contributed by atoms with Gasteiger partial charge in [-0.25, -0.2) is 0 Å². The standard InChI is InChI=1S/C14H18BrNO2/c1-3-12(15)14(17)16-8-4-5-10-9-11(18-2)6-7-13(10)16/h6-7,9,12H,3-5,8H2,1-2H3. The second-order valence-corrected chi connectivity index (χ2v) is 5.57. The first-order valence-corrected chi connectivity index (χ1v) is 7.21. The van der Waals surface area contributed by atoms with Crippen LogP contribution >= 0.6 is 15.9 Å².